The lowest BCUT2D eigenvalue weighted by molar-refractivity contribution is -0.142. The number of benzene rings is 1. The minimum Gasteiger partial charge on any atom is -0.467 e. The third-order valence-electron chi connectivity index (χ3n) is 3.92. The van der Waals surface area contributed by atoms with Gasteiger partial charge in [0.2, 0.25) is 0 Å². The molecule has 8 nitrogen and oxygen atoms in total. The fourth-order valence-corrected chi connectivity index (χ4v) is 2.41. The predicted octanol–water partition coefficient (Wildman–Crippen LogP) is 1.21. The fourth-order valence-electron chi connectivity index (χ4n) is 2.41. The van der Waals surface area contributed by atoms with Crippen molar-refractivity contribution >= 4 is 18.1 Å². The maximum Gasteiger partial charge on any atom is 0.410 e. The second-order valence-corrected chi connectivity index (χ2v) is 5.71. The molecular weight excluding hydrogens is 326 g/mol. The van der Waals surface area contributed by atoms with Gasteiger partial charge in [0.05, 0.1) is 7.11 Å². The Morgan fingerprint density at radius 1 is 1.08 bits per heavy atom. The van der Waals surface area contributed by atoms with E-state index in [0.29, 0.717) is 26.2 Å². The summed E-state index contributed by atoms with van der Waals surface area (Å²) in [5.74, 6) is -0.503. The van der Waals surface area contributed by atoms with Gasteiger partial charge in [-0.25, -0.2) is 14.4 Å². The highest BCUT2D eigenvalue weighted by molar-refractivity contribution is 5.83. The molecule has 1 aliphatic rings. The van der Waals surface area contributed by atoms with Gasteiger partial charge in [-0.1, -0.05) is 30.3 Å². The summed E-state index contributed by atoms with van der Waals surface area (Å²) in [6.45, 7) is 3.29. The van der Waals surface area contributed by atoms with Crippen LogP contribution < -0.4 is 5.32 Å². The molecule has 0 spiro atoms. The number of nitrogens with zero attached hydrogens (tertiary/aromatic N) is 2. The predicted molar refractivity (Wildman–Crippen MR) is 89.8 cm³/mol. The van der Waals surface area contributed by atoms with Gasteiger partial charge in [0, 0.05) is 26.2 Å². The first-order chi connectivity index (χ1) is 12.0. The van der Waals surface area contributed by atoms with Crippen LogP contribution in [-0.4, -0.2) is 67.2 Å². The lowest BCUT2D eigenvalue weighted by atomic mass is 10.2. The zero-order valence-corrected chi connectivity index (χ0v) is 14.4. The van der Waals surface area contributed by atoms with Gasteiger partial charge in [-0.05, 0) is 12.5 Å². The van der Waals surface area contributed by atoms with Crippen molar-refractivity contribution in [2.45, 2.75) is 19.6 Å². The average Bonchev–Trinajstić information content (AvgIpc) is 2.66. The Hall–Kier alpha value is -2.77. The highest BCUT2D eigenvalue weighted by Gasteiger charge is 2.26. The number of hydrogen-bond acceptors (Lipinski definition) is 5. The molecule has 1 aromatic carbocycles. The summed E-state index contributed by atoms with van der Waals surface area (Å²) in [6, 6.07) is 8.37. The normalized spacial score (nSPS) is 15.3. The van der Waals surface area contributed by atoms with Crippen molar-refractivity contribution in [1.82, 2.24) is 15.1 Å². The zero-order valence-electron chi connectivity index (χ0n) is 14.4. The summed E-state index contributed by atoms with van der Waals surface area (Å²) >= 11 is 0. The third kappa shape index (κ3) is 5.37. The number of esters is 1. The largest absolute Gasteiger partial charge is 0.467 e. The first-order valence-electron chi connectivity index (χ1n) is 8.10. The minimum atomic E-state index is -0.716. The molecule has 0 radical (unpaired) electrons. The standard InChI is InChI=1S/C17H23N3O5/c1-13(15(21)24-2)18-16(22)19-8-10-20(11-9-19)17(23)25-12-14-6-4-3-5-7-14/h3-7,13H,8-12H2,1-2H3,(H,18,22)/t13-/m0/s1. The molecule has 1 N–H and O–H groups in total. The van der Waals surface area contributed by atoms with Gasteiger partial charge in [0.15, 0.2) is 0 Å². The molecule has 1 aromatic rings. The van der Waals surface area contributed by atoms with Crippen molar-refractivity contribution in [3.05, 3.63) is 35.9 Å². The molecule has 0 unspecified atom stereocenters. The first kappa shape index (κ1) is 18.6. The molecule has 2 rings (SSSR count). The van der Waals surface area contributed by atoms with E-state index in [0.717, 1.165) is 5.56 Å². The lowest BCUT2D eigenvalue weighted by Gasteiger charge is -2.34. The molecule has 136 valence electrons. The summed E-state index contributed by atoms with van der Waals surface area (Å²) in [5, 5.41) is 2.57. The highest BCUT2D eigenvalue weighted by atomic mass is 16.6. The van der Waals surface area contributed by atoms with E-state index >= 15 is 0 Å². The van der Waals surface area contributed by atoms with Gasteiger partial charge in [0.1, 0.15) is 12.6 Å². The molecule has 0 aromatic heterocycles. The Morgan fingerprint density at radius 3 is 2.28 bits per heavy atom. The Balaban J connectivity index is 1.74. The molecule has 1 aliphatic heterocycles. The van der Waals surface area contributed by atoms with E-state index in [1.165, 1.54) is 7.11 Å². The van der Waals surface area contributed by atoms with Crippen LogP contribution in [0.3, 0.4) is 0 Å². The molecule has 1 saturated heterocycles. The lowest BCUT2D eigenvalue weighted by Crippen LogP contribution is -2.55. The SMILES string of the molecule is COC(=O)[C@H](C)NC(=O)N1CCN(C(=O)OCc2ccccc2)CC1. The number of rotatable bonds is 4. The fraction of sp³-hybridized carbons (Fsp3) is 0.471. The van der Waals surface area contributed by atoms with Crippen LogP contribution in [0.1, 0.15) is 12.5 Å². The molecule has 0 bridgehead atoms. The van der Waals surface area contributed by atoms with Crippen LogP contribution in [0.4, 0.5) is 9.59 Å². The molecule has 0 aliphatic carbocycles. The van der Waals surface area contributed by atoms with Crippen LogP contribution in [-0.2, 0) is 20.9 Å². The second kappa shape index (κ2) is 8.91. The molecule has 8 heteroatoms. The number of urea groups is 1. The Labute approximate surface area is 146 Å². The van der Waals surface area contributed by atoms with Crippen molar-refractivity contribution in [3.63, 3.8) is 0 Å². The third-order valence-corrected chi connectivity index (χ3v) is 3.92. The Morgan fingerprint density at radius 2 is 1.68 bits per heavy atom. The molecule has 1 fully saturated rings. The number of hydrogen-bond donors (Lipinski definition) is 1. The number of amides is 3. The van der Waals surface area contributed by atoms with E-state index in [-0.39, 0.29) is 12.6 Å². The summed E-state index contributed by atoms with van der Waals surface area (Å²) in [6.07, 6.45) is -0.396. The molecular formula is C17H23N3O5. The van der Waals surface area contributed by atoms with E-state index < -0.39 is 18.1 Å². The van der Waals surface area contributed by atoms with Crippen LogP contribution in [0, 0.1) is 0 Å². The van der Waals surface area contributed by atoms with Crippen LogP contribution >= 0.6 is 0 Å². The Bertz CT molecular complexity index is 600. The summed E-state index contributed by atoms with van der Waals surface area (Å²) < 4.78 is 9.85. The van der Waals surface area contributed by atoms with Crippen LogP contribution in [0.5, 0.6) is 0 Å². The van der Waals surface area contributed by atoms with Crippen molar-refractivity contribution in [3.8, 4) is 0 Å². The van der Waals surface area contributed by atoms with Crippen LogP contribution in [0.15, 0.2) is 30.3 Å². The average molecular weight is 349 g/mol. The maximum atomic E-state index is 12.1. The van der Waals surface area contributed by atoms with E-state index in [1.807, 2.05) is 30.3 Å². The molecule has 1 heterocycles. The number of methoxy groups -OCH3 is 1. The van der Waals surface area contributed by atoms with E-state index in [4.69, 9.17) is 4.74 Å². The number of carbonyl (C=O) groups excluding carboxylic acids is 3. The van der Waals surface area contributed by atoms with Gasteiger partial charge in [-0.15, -0.1) is 0 Å². The molecule has 25 heavy (non-hydrogen) atoms. The quantitative estimate of drug-likeness (QED) is 0.826. The number of carbonyl (C=O) groups is 3. The Kier molecular flexibility index (Phi) is 6.62. The topological polar surface area (TPSA) is 88.2 Å². The maximum absolute atomic E-state index is 12.1. The van der Waals surface area contributed by atoms with Gasteiger partial charge < -0.3 is 24.6 Å². The van der Waals surface area contributed by atoms with Gasteiger partial charge in [-0.3, -0.25) is 0 Å². The smallest absolute Gasteiger partial charge is 0.410 e. The van der Waals surface area contributed by atoms with Crippen molar-refractivity contribution in [2.24, 2.45) is 0 Å². The van der Waals surface area contributed by atoms with Gasteiger partial charge >= 0.3 is 18.1 Å². The van der Waals surface area contributed by atoms with Crippen molar-refractivity contribution in [1.29, 1.82) is 0 Å². The number of piperazine rings is 1. The number of ether oxygens (including phenoxy) is 2. The first-order valence-corrected chi connectivity index (χ1v) is 8.10. The second-order valence-electron chi connectivity index (χ2n) is 5.71. The molecule has 1 atom stereocenters. The van der Waals surface area contributed by atoms with E-state index in [2.05, 4.69) is 10.1 Å². The van der Waals surface area contributed by atoms with Gasteiger partial charge in [-0.2, -0.15) is 0 Å². The minimum absolute atomic E-state index is 0.219. The number of nitrogens with one attached hydrogen (secondary N) is 1. The van der Waals surface area contributed by atoms with E-state index in [9.17, 15) is 14.4 Å². The van der Waals surface area contributed by atoms with E-state index in [1.54, 1.807) is 16.7 Å². The highest BCUT2D eigenvalue weighted by Crippen LogP contribution is 2.07. The van der Waals surface area contributed by atoms with Crippen LogP contribution in [0.2, 0.25) is 0 Å². The van der Waals surface area contributed by atoms with Gasteiger partial charge in [0.25, 0.3) is 0 Å². The van der Waals surface area contributed by atoms with Crippen molar-refractivity contribution in [2.75, 3.05) is 33.3 Å². The van der Waals surface area contributed by atoms with Crippen molar-refractivity contribution < 1.29 is 23.9 Å². The zero-order chi connectivity index (χ0) is 18.2. The summed E-state index contributed by atoms with van der Waals surface area (Å²) in [5.41, 5.74) is 0.922. The summed E-state index contributed by atoms with van der Waals surface area (Å²) in [7, 11) is 1.27. The molecule has 0 saturated carbocycles. The molecule has 3 amide bonds. The van der Waals surface area contributed by atoms with Crippen LogP contribution in [0.25, 0.3) is 0 Å². The summed E-state index contributed by atoms with van der Waals surface area (Å²) in [4.78, 5) is 38.6. The monoisotopic (exact) mass is 349 g/mol.